The van der Waals surface area contributed by atoms with Crippen molar-refractivity contribution >= 4 is 31.9 Å². The zero-order valence-electron chi connectivity index (χ0n) is 16.7. The van der Waals surface area contributed by atoms with Crippen molar-refractivity contribution in [3.63, 3.8) is 0 Å². The predicted octanol–water partition coefficient (Wildman–Crippen LogP) is 3.60. The van der Waals surface area contributed by atoms with Crippen molar-refractivity contribution < 1.29 is 13.2 Å². The van der Waals surface area contributed by atoms with Crippen LogP contribution < -0.4 is 5.32 Å². The van der Waals surface area contributed by atoms with Gasteiger partial charge in [-0.1, -0.05) is 32.0 Å². The second kappa shape index (κ2) is 9.55. The van der Waals surface area contributed by atoms with E-state index in [2.05, 4.69) is 26.3 Å². The molecule has 0 unspecified atom stereocenters. The topological polar surface area (TPSA) is 84.3 Å². The van der Waals surface area contributed by atoms with E-state index in [1.165, 1.54) is 16.4 Å². The number of aromatic nitrogens is 2. The molecule has 0 spiro atoms. The summed E-state index contributed by atoms with van der Waals surface area (Å²) >= 11 is 3.34. The van der Waals surface area contributed by atoms with Crippen LogP contribution in [0.4, 0.5) is 0 Å². The fourth-order valence-electron chi connectivity index (χ4n) is 3.00. The maximum absolute atomic E-state index is 12.8. The van der Waals surface area contributed by atoms with Crippen molar-refractivity contribution in [1.82, 2.24) is 19.4 Å². The SMILES string of the molecule is CCN(CC)S(=O)(=O)c1ccc(Br)c(C(=O)NCc2cnn(-c3ccccc3)c2)c1. The average Bonchev–Trinajstić information content (AvgIpc) is 3.22. The van der Waals surface area contributed by atoms with Crippen molar-refractivity contribution in [2.75, 3.05) is 13.1 Å². The first kappa shape index (κ1) is 22.2. The summed E-state index contributed by atoms with van der Waals surface area (Å²) in [7, 11) is -3.65. The van der Waals surface area contributed by atoms with Crippen molar-refractivity contribution in [2.24, 2.45) is 0 Å². The first-order valence-corrected chi connectivity index (χ1v) is 11.8. The molecule has 1 N–H and O–H groups in total. The van der Waals surface area contributed by atoms with Gasteiger partial charge in [0.1, 0.15) is 0 Å². The molecule has 0 bridgehead atoms. The van der Waals surface area contributed by atoms with Gasteiger partial charge < -0.3 is 5.32 Å². The first-order valence-electron chi connectivity index (χ1n) is 9.53. The molecule has 2 aromatic carbocycles. The lowest BCUT2D eigenvalue weighted by molar-refractivity contribution is 0.0950. The number of carbonyl (C=O) groups excluding carboxylic acids is 1. The first-order chi connectivity index (χ1) is 14.4. The van der Waals surface area contributed by atoms with Crippen LogP contribution in [-0.2, 0) is 16.6 Å². The largest absolute Gasteiger partial charge is 0.348 e. The molecule has 1 amide bonds. The molecular formula is C21H23BrN4O3S. The van der Waals surface area contributed by atoms with Crippen molar-refractivity contribution in [2.45, 2.75) is 25.3 Å². The minimum Gasteiger partial charge on any atom is -0.348 e. The van der Waals surface area contributed by atoms with E-state index in [1.807, 2.05) is 36.5 Å². The molecule has 30 heavy (non-hydrogen) atoms. The van der Waals surface area contributed by atoms with Crippen molar-refractivity contribution in [1.29, 1.82) is 0 Å². The normalized spacial score (nSPS) is 11.6. The van der Waals surface area contributed by atoms with Crippen LogP contribution in [0, 0.1) is 0 Å². The van der Waals surface area contributed by atoms with Crippen LogP contribution in [0.15, 0.2) is 70.3 Å². The summed E-state index contributed by atoms with van der Waals surface area (Å²) in [5.74, 6) is -0.370. The van der Waals surface area contributed by atoms with Crippen LogP contribution in [0.5, 0.6) is 0 Å². The molecule has 0 aliphatic carbocycles. The Labute approximate surface area is 184 Å². The third kappa shape index (κ3) is 4.80. The molecule has 1 heterocycles. The summed E-state index contributed by atoms with van der Waals surface area (Å²) in [5, 5.41) is 7.14. The summed E-state index contributed by atoms with van der Waals surface area (Å²) in [4.78, 5) is 12.8. The molecule has 1 aromatic heterocycles. The molecule has 7 nitrogen and oxygen atoms in total. The van der Waals surface area contributed by atoms with E-state index >= 15 is 0 Å². The summed E-state index contributed by atoms with van der Waals surface area (Å²) in [6.45, 7) is 4.56. The van der Waals surface area contributed by atoms with E-state index in [1.54, 1.807) is 30.8 Å². The van der Waals surface area contributed by atoms with Crippen LogP contribution in [0.25, 0.3) is 5.69 Å². The Morgan fingerprint density at radius 3 is 2.50 bits per heavy atom. The fraction of sp³-hybridized carbons (Fsp3) is 0.238. The molecule has 0 atom stereocenters. The van der Waals surface area contributed by atoms with Crippen LogP contribution in [0.1, 0.15) is 29.8 Å². The van der Waals surface area contributed by atoms with E-state index in [-0.39, 0.29) is 22.9 Å². The van der Waals surface area contributed by atoms with E-state index in [9.17, 15) is 13.2 Å². The fourth-order valence-corrected chi connectivity index (χ4v) is 4.91. The Bertz CT molecular complexity index is 1130. The molecule has 0 aliphatic rings. The van der Waals surface area contributed by atoms with Crippen molar-refractivity contribution in [3.05, 3.63) is 76.5 Å². The lowest BCUT2D eigenvalue weighted by atomic mass is 10.2. The lowest BCUT2D eigenvalue weighted by Crippen LogP contribution is -2.31. The van der Waals surface area contributed by atoms with Crippen LogP contribution in [0.3, 0.4) is 0 Å². The second-order valence-electron chi connectivity index (χ2n) is 6.54. The standard InChI is InChI=1S/C21H23BrN4O3S/c1-3-25(4-2)30(28,29)18-10-11-20(22)19(12-18)21(27)23-13-16-14-24-26(15-16)17-8-6-5-7-9-17/h5-12,14-15H,3-4,13H2,1-2H3,(H,23,27). The molecule has 0 saturated carbocycles. The highest BCUT2D eigenvalue weighted by Gasteiger charge is 2.23. The summed E-state index contributed by atoms with van der Waals surface area (Å²) in [6.07, 6.45) is 3.52. The van der Waals surface area contributed by atoms with Gasteiger partial charge in [-0.25, -0.2) is 13.1 Å². The Balaban J connectivity index is 1.75. The third-order valence-electron chi connectivity index (χ3n) is 4.64. The Hall–Kier alpha value is -2.49. The van der Waals surface area contributed by atoms with Crippen LogP contribution >= 0.6 is 15.9 Å². The number of sulfonamides is 1. The maximum atomic E-state index is 12.8. The average molecular weight is 491 g/mol. The smallest absolute Gasteiger partial charge is 0.252 e. The van der Waals surface area contributed by atoms with Gasteiger partial charge in [-0.3, -0.25) is 4.79 Å². The van der Waals surface area contributed by atoms with Gasteiger partial charge in [-0.05, 0) is 46.3 Å². The molecule has 3 aromatic rings. The van der Waals surface area contributed by atoms with Gasteiger partial charge in [0, 0.05) is 35.9 Å². The van der Waals surface area contributed by atoms with E-state index in [0.29, 0.717) is 17.6 Å². The zero-order chi connectivity index (χ0) is 21.7. The summed E-state index contributed by atoms with van der Waals surface area (Å²) < 4.78 is 29.1. The van der Waals surface area contributed by atoms with Gasteiger partial charge in [0.2, 0.25) is 10.0 Å². The number of carbonyl (C=O) groups is 1. The molecule has 0 fully saturated rings. The molecule has 0 aliphatic heterocycles. The summed E-state index contributed by atoms with van der Waals surface area (Å²) in [5.41, 5.74) is 2.01. The van der Waals surface area contributed by atoms with E-state index in [4.69, 9.17) is 0 Å². The molecular weight excluding hydrogens is 468 g/mol. The minimum absolute atomic E-state index is 0.0939. The van der Waals surface area contributed by atoms with Gasteiger partial charge in [0.15, 0.2) is 0 Å². The molecule has 3 rings (SSSR count). The number of nitrogens with zero attached hydrogens (tertiary/aromatic N) is 3. The molecule has 9 heteroatoms. The van der Waals surface area contributed by atoms with Gasteiger partial charge in [-0.2, -0.15) is 9.40 Å². The molecule has 0 radical (unpaired) electrons. The number of rotatable bonds is 8. The summed E-state index contributed by atoms with van der Waals surface area (Å²) in [6, 6.07) is 14.1. The monoisotopic (exact) mass is 490 g/mol. The number of nitrogens with one attached hydrogen (secondary N) is 1. The molecule has 158 valence electrons. The zero-order valence-corrected chi connectivity index (χ0v) is 19.1. The number of halogens is 1. The third-order valence-corrected chi connectivity index (χ3v) is 7.37. The number of hydrogen-bond donors (Lipinski definition) is 1. The highest BCUT2D eigenvalue weighted by Crippen LogP contribution is 2.23. The Kier molecular flexibility index (Phi) is 7.06. The van der Waals surface area contributed by atoms with E-state index < -0.39 is 10.0 Å². The van der Waals surface area contributed by atoms with Crippen LogP contribution in [0.2, 0.25) is 0 Å². The Morgan fingerprint density at radius 1 is 1.13 bits per heavy atom. The Morgan fingerprint density at radius 2 is 1.83 bits per heavy atom. The number of hydrogen-bond acceptors (Lipinski definition) is 4. The van der Waals surface area contributed by atoms with Gasteiger partial charge in [0.25, 0.3) is 5.91 Å². The highest BCUT2D eigenvalue weighted by atomic mass is 79.9. The minimum atomic E-state index is -3.65. The number of para-hydroxylation sites is 1. The van der Waals surface area contributed by atoms with Gasteiger partial charge in [0.05, 0.1) is 22.3 Å². The highest BCUT2D eigenvalue weighted by molar-refractivity contribution is 9.10. The lowest BCUT2D eigenvalue weighted by Gasteiger charge is -2.19. The van der Waals surface area contributed by atoms with E-state index in [0.717, 1.165) is 11.3 Å². The quantitative estimate of drug-likeness (QED) is 0.522. The maximum Gasteiger partial charge on any atom is 0.252 e. The van der Waals surface area contributed by atoms with Crippen molar-refractivity contribution in [3.8, 4) is 5.69 Å². The number of benzene rings is 2. The van der Waals surface area contributed by atoms with Gasteiger partial charge >= 0.3 is 0 Å². The predicted molar refractivity (Wildman–Crippen MR) is 119 cm³/mol. The number of amides is 1. The van der Waals surface area contributed by atoms with Crippen LogP contribution in [-0.4, -0.2) is 41.5 Å². The second-order valence-corrected chi connectivity index (χ2v) is 9.33. The molecule has 0 saturated heterocycles. The van der Waals surface area contributed by atoms with Gasteiger partial charge in [-0.15, -0.1) is 0 Å².